The van der Waals surface area contributed by atoms with Gasteiger partial charge in [0.15, 0.2) is 0 Å². The van der Waals surface area contributed by atoms with Gasteiger partial charge in [0.25, 0.3) is 0 Å². The van der Waals surface area contributed by atoms with Gasteiger partial charge in [-0.1, -0.05) is 25.5 Å². The average molecular weight is 332 g/mol. The molecule has 4 heteroatoms. The Labute approximate surface area is 146 Å². The third-order valence-corrected chi connectivity index (χ3v) is 4.80. The monoisotopic (exact) mass is 332 g/mol. The summed E-state index contributed by atoms with van der Waals surface area (Å²) in [5, 5.41) is 0. The van der Waals surface area contributed by atoms with Crippen molar-refractivity contribution < 1.29 is 9.53 Å². The zero-order chi connectivity index (χ0) is 17.4. The molecule has 0 unspecified atom stereocenters. The van der Waals surface area contributed by atoms with Crippen molar-refractivity contribution in [2.45, 2.75) is 46.1 Å². The molecule has 1 saturated heterocycles. The van der Waals surface area contributed by atoms with Crippen LogP contribution in [0.25, 0.3) is 0 Å². The fourth-order valence-electron chi connectivity index (χ4n) is 3.27. The molecule has 1 heterocycles. The zero-order valence-electron chi connectivity index (χ0n) is 15.5. The molecule has 0 atom stereocenters. The second kappa shape index (κ2) is 9.67. The Morgan fingerprint density at radius 2 is 1.88 bits per heavy atom. The SMILES string of the molecule is CCCCN(C)C(=O)C1CCN(Cc2ccc(OCC)cc2)CC1. The minimum Gasteiger partial charge on any atom is -0.494 e. The summed E-state index contributed by atoms with van der Waals surface area (Å²) < 4.78 is 5.49. The van der Waals surface area contributed by atoms with Crippen LogP contribution in [0.2, 0.25) is 0 Å². The summed E-state index contributed by atoms with van der Waals surface area (Å²) >= 11 is 0. The molecular formula is C20H32N2O2. The van der Waals surface area contributed by atoms with E-state index in [4.69, 9.17) is 4.74 Å². The first-order valence-electron chi connectivity index (χ1n) is 9.33. The summed E-state index contributed by atoms with van der Waals surface area (Å²) in [6, 6.07) is 8.36. The molecule has 1 fully saturated rings. The van der Waals surface area contributed by atoms with Crippen LogP contribution < -0.4 is 4.74 Å². The van der Waals surface area contributed by atoms with Crippen LogP contribution in [0.3, 0.4) is 0 Å². The van der Waals surface area contributed by atoms with Gasteiger partial charge in [0, 0.05) is 26.1 Å². The lowest BCUT2D eigenvalue weighted by molar-refractivity contribution is -0.135. The van der Waals surface area contributed by atoms with Gasteiger partial charge in [0.05, 0.1) is 6.61 Å². The van der Waals surface area contributed by atoms with E-state index in [-0.39, 0.29) is 5.92 Å². The first-order valence-corrected chi connectivity index (χ1v) is 9.33. The van der Waals surface area contributed by atoms with Crippen LogP contribution in [0, 0.1) is 5.92 Å². The highest BCUT2D eigenvalue weighted by Crippen LogP contribution is 2.22. The van der Waals surface area contributed by atoms with Gasteiger partial charge in [-0.15, -0.1) is 0 Å². The van der Waals surface area contributed by atoms with Crippen molar-refractivity contribution in [2.75, 3.05) is 33.3 Å². The fraction of sp³-hybridized carbons (Fsp3) is 0.650. The maximum Gasteiger partial charge on any atom is 0.225 e. The summed E-state index contributed by atoms with van der Waals surface area (Å²) in [5.74, 6) is 1.48. The van der Waals surface area contributed by atoms with E-state index in [0.29, 0.717) is 12.5 Å². The largest absolute Gasteiger partial charge is 0.494 e. The van der Waals surface area contributed by atoms with Gasteiger partial charge < -0.3 is 9.64 Å². The van der Waals surface area contributed by atoms with Gasteiger partial charge in [-0.3, -0.25) is 9.69 Å². The van der Waals surface area contributed by atoms with E-state index in [1.807, 2.05) is 31.0 Å². The molecule has 0 saturated carbocycles. The van der Waals surface area contributed by atoms with Crippen molar-refractivity contribution in [3.8, 4) is 5.75 Å². The summed E-state index contributed by atoms with van der Waals surface area (Å²) in [7, 11) is 1.95. The number of piperidine rings is 1. The molecule has 1 aromatic rings. The molecule has 0 aliphatic carbocycles. The van der Waals surface area contributed by atoms with Crippen LogP contribution in [0.15, 0.2) is 24.3 Å². The van der Waals surface area contributed by atoms with Gasteiger partial charge in [-0.05, 0) is 57.0 Å². The Kier molecular flexibility index (Phi) is 7.57. The van der Waals surface area contributed by atoms with Crippen LogP contribution >= 0.6 is 0 Å². The van der Waals surface area contributed by atoms with Crippen LogP contribution in [0.4, 0.5) is 0 Å². The number of hydrogen-bond donors (Lipinski definition) is 0. The van der Waals surface area contributed by atoms with E-state index >= 15 is 0 Å². The number of unbranched alkanes of at least 4 members (excludes halogenated alkanes) is 1. The van der Waals surface area contributed by atoms with E-state index < -0.39 is 0 Å². The van der Waals surface area contributed by atoms with Crippen molar-refractivity contribution in [1.82, 2.24) is 9.80 Å². The number of benzene rings is 1. The fourth-order valence-corrected chi connectivity index (χ4v) is 3.27. The highest BCUT2D eigenvalue weighted by Gasteiger charge is 2.26. The predicted octanol–water partition coefficient (Wildman–Crippen LogP) is 3.56. The van der Waals surface area contributed by atoms with Crippen molar-refractivity contribution in [2.24, 2.45) is 5.92 Å². The Hall–Kier alpha value is -1.55. The van der Waals surface area contributed by atoms with Crippen molar-refractivity contribution in [3.05, 3.63) is 29.8 Å². The maximum absolute atomic E-state index is 12.5. The van der Waals surface area contributed by atoms with E-state index in [9.17, 15) is 4.79 Å². The van der Waals surface area contributed by atoms with Gasteiger partial charge in [0.2, 0.25) is 5.91 Å². The number of amides is 1. The summed E-state index contributed by atoms with van der Waals surface area (Å²) in [6.07, 6.45) is 4.19. The lowest BCUT2D eigenvalue weighted by Crippen LogP contribution is -2.41. The molecular weight excluding hydrogens is 300 g/mol. The smallest absolute Gasteiger partial charge is 0.225 e. The van der Waals surface area contributed by atoms with Gasteiger partial charge >= 0.3 is 0 Å². The molecule has 0 N–H and O–H groups in total. The van der Waals surface area contributed by atoms with Crippen LogP contribution in [-0.2, 0) is 11.3 Å². The van der Waals surface area contributed by atoms with Crippen LogP contribution in [0.5, 0.6) is 5.75 Å². The number of carbonyl (C=O) groups is 1. The second-order valence-electron chi connectivity index (χ2n) is 6.74. The molecule has 24 heavy (non-hydrogen) atoms. The van der Waals surface area contributed by atoms with E-state index in [1.54, 1.807) is 0 Å². The predicted molar refractivity (Wildman–Crippen MR) is 98.2 cm³/mol. The number of ether oxygens (including phenoxy) is 1. The Balaban J connectivity index is 1.77. The molecule has 2 rings (SSSR count). The highest BCUT2D eigenvalue weighted by molar-refractivity contribution is 5.78. The van der Waals surface area contributed by atoms with Gasteiger partial charge in [-0.25, -0.2) is 0 Å². The van der Waals surface area contributed by atoms with E-state index in [2.05, 4.69) is 24.0 Å². The molecule has 1 aliphatic rings. The highest BCUT2D eigenvalue weighted by atomic mass is 16.5. The number of likely N-dealkylation sites (tertiary alicyclic amines) is 1. The quantitative estimate of drug-likeness (QED) is 0.730. The number of hydrogen-bond acceptors (Lipinski definition) is 3. The van der Waals surface area contributed by atoms with Crippen molar-refractivity contribution in [3.63, 3.8) is 0 Å². The normalized spacial score (nSPS) is 16.1. The standard InChI is InChI=1S/C20H32N2O2/c1-4-6-13-21(3)20(23)18-11-14-22(15-12-18)16-17-7-9-19(10-8-17)24-5-2/h7-10,18H,4-6,11-16H2,1-3H3. The first kappa shape index (κ1) is 18.8. The van der Waals surface area contributed by atoms with Gasteiger partial charge in [-0.2, -0.15) is 0 Å². The number of rotatable bonds is 8. The minimum absolute atomic E-state index is 0.212. The summed E-state index contributed by atoms with van der Waals surface area (Å²) in [6.45, 7) is 8.72. The van der Waals surface area contributed by atoms with Crippen LogP contribution in [0.1, 0.15) is 45.1 Å². The van der Waals surface area contributed by atoms with E-state index in [0.717, 1.165) is 57.6 Å². The van der Waals surface area contributed by atoms with E-state index in [1.165, 1.54) is 5.56 Å². The Morgan fingerprint density at radius 1 is 1.21 bits per heavy atom. The van der Waals surface area contributed by atoms with Crippen molar-refractivity contribution in [1.29, 1.82) is 0 Å². The molecule has 0 radical (unpaired) electrons. The lowest BCUT2D eigenvalue weighted by Gasteiger charge is -2.33. The molecule has 1 aliphatic heterocycles. The summed E-state index contributed by atoms with van der Waals surface area (Å²) in [5.41, 5.74) is 1.31. The zero-order valence-corrected chi connectivity index (χ0v) is 15.5. The lowest BCUT2D eigenvalue weighted by atomic mass is 9.95. The topological polar surface area (TPSA) is 32.8 Å². The maximum atomic E-state index is 12.5. The number of nitrogens with zero attached hydrogens (tertiary/aromatic N) is 2. The molecule has 1 aromatic carbocycles. The molecule has 0 aromatic heterocycles. The van der Waals surface area contributed by atoms with Crippen molar-refractivity contribution >= 4 is 5.91 Å². The third kappa shape index (κ3) is 5.52. The molecule has 0 bridgehead atoms. The molecule has 134 valence electrons. The Morgan fingerprint density at radius 3 is 2.46 bits per heavy atom. The third-order valence-electron chi connectivity index (χ3n) is 4.80. The molecule has 4 nitrogen and oxygen atoms in total. The number of carbonyl (C=O) groups excluding carboxylic acids is 1. The average Bonchev–Trinajstić information content (AvgIpc) is 2.61. The second-order valence-corrected chi connectivity index (χ2v) is 6.74. The summed E-state index contributed by atoms with van der Waals surface area (Å²) in [4.78, 5) is 16.8. The first-order chi connectivity index (χ1) is 11.6. The van der Waals surface area contributed by atoms with Crippen LogP contribution in [-0.4, -0.2) is 49.0 Å². The molecule has 0 spiro atoms. The van der Waals surface area contributed by atoms with Gasteiger partial charge in [0.1, 0.15) is 5.75 Å². The minimum atomic E-state index is 0.212. The molecule has 1 amide bonds. The Bertz CT molecular complexity index is 493.